The van der Waals surface area contributed by atoms with Crippen molar-refractivity contribution in [2.45, 2.75) is 31.8 Å². The highest BCUT2D eigenvalue weighted by Gasteiger charge is 2.44. The van der Waals surface area contributed by atoms with Gasteiger partial charge >= 0.3 is 18.3 Å². The van der Waals surface area contributed by atoms with Crippen molar-refractivity contribution in [3.8, 4) is 0 Å². The Morgan fingerprint density at radius 3 is 1.71 bits per heavy atom. The average Bonchev–Trinajstić information content (AvgIpc) is 2.33. The van der Waals surface area contributed by atoms with Gasteiger partial charge in [0.15, 0.2) is 6.10 Å². The van der Waals surface area contributed by atoms with Crippen molar-refractivity contribution in [3.63, 3.8) is 0 Å². The van der Waals surface area contributed by atoms with Crippen molar-refractivity contribution >= 4 is 5.97 Å². The van der Waals surface area contributed by atoms with Gasteiger partial charge in [-0.25, -0.2) is 4.79 Å². The number of hydrogen-bond acceptors (Lipinski definition) is 2. The second-order valence-electron chi connectivity index (χ2n) is 4.19. The first-order valence-electron chi connectivity index (χ1n) is 5.61. The Morgan fingerprint density at radius 2 is 1.48 bits per heavy atom. The van der Waals surface area contributed by atoms with Crippen LogP contribution in [0.25, 0.3) is 0 Å². The van der Waals surface area contributed by atoms with Gasteiger partial charge in [0.05, 0.1) is 11.1 Å². The summed E-state index contributed by atoms with van der Waals surface area (Å²) in [6.45, 7) is 1.35. The van der Waals surface area contributed by atoms with Gasteiger partial charge < -0.3 is 10.2 Å². The van der Waals surface area contributed by atoms with Gasteiger partial charge in [-0.3, -0.25) is 0 Å². The van der Waals surface area contributed by atoms with Crippen molar-refractivity contribution in [3.05, 3.63) is 34.4 Å². The minimum Gasteiger partial charge on any atom is -0.479 e. The molecule has 118 valence electrons. The summed E-state index contributed by atoms with van der Waals surface area (Å²) in [5.41, 5.74) is -5.57. The van der Waals surface area contributed by atoms with Gasteiger partial charge in [0.1, 0.15) is 0 Å². The van der Waals surface area contributed by atoms with Gasteiger partial charge in [0, 0.05) is 5.56 Å². The zero-order chi connectivity index (χ0) is 16.6. The van der Waals surface area contributed by atoms with Crippen LogP contribution in [-0.4, -0.2) is 16.2 Å². The lowest BCUT2D eigenvalue weighted by Crippen LogP contribution is -2.23. The van der Waals surface area contributed by atoms with Crippen molar-refractivity contribution in [1.29, 1.82) is 0 Å². The zero-order valence-electron chi connectivity index (χ0n) is 10.5. The molecule has 0 fully saturated rings. The summed E-state index contributed by atoms with van der Waals surface area (Å²) in [6.07, 6.45) is -13.5. The van der Waals surface area contributed by atoms with E-state index in [0.29, 0.717) is 12.1 Å². The molecule has 1 unspecified atom stereocenters. The second kappa shape index (κ2) is 5.55. The third-order valence-corrected chi connectivity index (χ3v) is 2.77. The molecule has 9 heteroatoms. The molecule has 21 heavy (non-hydrogen) atoms. The quantitative estimate of drug-likeness (QED) is 0.840. The molecular weight excluding hydrogens is 306 g/mol. The number of aryl methyl sites for hydroxylation is 1. The zero-order valence-corrected chi connectivity index (χ0v) is 10.5. The fourth-order valence-electron chi connectivity index (χ4n) is 1.80. The van der Waals surface area contributed by atoms with Gasteiger partial charge in [-0.1, -0.05) is 6.92 Å². The smallest absolute Gasteiger partial charge is 0.416 e. The number of aliphatic hydroxyl groups excluding tert-OH is 1. The molecule has 0 aliphatic carbocycles. The van der Waals surface area contributed by atoms with Crippen LogP contribution in [0, 0.1) is 0 Å². The normalized spacial score (nSPS) is 14.1. The molecule has 1 atom stereocenters. The van der Waals surface area contributed by atoms with Crippen molar-refractivity contribution in [2.24, 2.45) is 0 Å². The predicted molar refractivity (Wildman–Crippen MR) is 58.4 cm³/mol. The Morgan fingerprint density at radius 1 is 1.10 bits per heavy atom. The Kier molecular flexibility index (Phi) is 4.57. The van der Waals surface area contributed by atoms with E-state index in [-0.39, 0.29) is 12.0 Å². The Bertz CT molecular complexity index is 512. The Hall–Kier alpha value is -1.77. The number of benzene rings is 1. The van der Waals surface area contributed by atoms with Gasteiger partial charge in [0.25, 0.3) is 0 Å². The number of carbonyl (C=O) groups is 1. The topological polar surface area (TPSA) is 57.5 Å². The number of rotatable bonds is 3. The van der Waals surface area contributed by atoms with E-state index in [2.05, 4.69) is 0 Å². The van der Waals surface area contributed by atoms with Gasteiger partial charge in [0.2, 0.25) is 0 Å². The predicted octanol–water partition coefficient (Wildman–Crippen LogP) is 3.40. The molecule has 1 aromatic carbocycles. The average molecular weight is 316 g/mol. The van der Waals surface area contributed by atoms with Crippen LogP contribution < -0.4 is 0 Å². The maximum absolute atomic E-state index is 12.9. The lowest BCUT2D eigenvalue weighted by atomic mass is 9.92. The van der Waals surface area contributed by atoms with E-state index in [1.165, 1.54) is 6.92 Å². The fourth-order valence-corrected chi connectivity index (χ4v) is 1.80. The molecule has 0 spiro atoms. The molecule has 0 saturated carbocycles. The van der Waals surface area contributed by atoms with Crippen molar-refractivity contribution < 1.29 is 41.4 Å². The highest BCUT2D eigenvalue weighted by molar-refractivity contribution is 5.75. The van der Waals surface area contributed by atoms with Crippen LogP contribution in [0.15, 0.2) is 12.1 Å². The van der Waals surface area contributed by atoms with E-state index < -0.39 is 41.1 Å². The number of halogens is 6. The molecule has 1 aromatic rings. The van der Waals surface area contributed by atoms with E-state index in [9.17, 15) is 36.2 Å². The van der Waals surface area contributed by atoms with Crippen molar-refractivity contribution in [1.82, 2.24) is 0 Å². The molecule has 0 aliphatic heterocycles. The first-order chi connectivity index (χ1) is 9.39. The molecule has 1 rings (SSSR count). The number of alkyl halides is 6. The first kappa shape index (κ1) is 17.3. The van der Waals surface area contributed by atoms with Crippen LogP contribution in [0.2, 0.25) is 0 Å². The number of hydrogen-bond donors (Lipinski definition) is 2. The number of carboxylic acid groups (broad SMARTS) is 1. The number of aliphatic hydroxyl groups is 1. The highest BCUT2D eigenvalue weighted by atomic mass is 19.4. The number of aliphatic carboxylic acids is 1. The summed E-state index contributed by atoms with van der Waals surface area (Å²) < 4.78 is 77.3. The monoisotopic (exact) mass is 316 g/mol. The van der Waals surface area contributed by atoms with E-state index in [0.717, 1.165) is 0 Å². The molecule has 0 heterocycles. The van der Waals surface area contributed by atoms with Crippen LogP contribution in [0.1, 0.15) is 35.3 Å². The molecule has 0 amide bonds. The summed E-state index contributed by atoms with van der Waals surface area (Å²) in [7, 11) is 0. The summed E-state index contributed by atoms with van der Waals surface area (Å²) >= 11 is 0. The summed E-state index contributed by atoms with van der Waals surface area (Å²) in [4.78, 5) is 10.6. The van der Waals surface area contributed by atoms with Gasteiger partial charge in [-0.2, -0.15) is 26.3 Å². The van der Waals surface area contributed by atoms with E-state index >= 15 is 0 Å². The third-order valence-electron chi connectivity index (χ3n) is 2.77. The molecule has 2 N–H and O–H groups in total. The highest BCUT2D eigenvalue weighted by Crippen LogP contribution is 2.43. The largest absolute Gasteiger partial charge is 0.479 e. The van der Waals surface area contributed by atoms with Crippen LogP contribution in [0.4, 0.5) is 26.3 Å². The van der Waals surface area contributed by atoms with Crippen molar-refractivity contribution in [2.75, 3.05) is 0 Å². The summed E-state index contributed by atoms with van der Waals surface area (Å²) in [6, 6.07) is 0.827. The van der Waals surface area contributed by atoms with E-state index in [4.69, 9.17) is 5.11 Å². The fraction of sp³-hybridized carbons (Fsp3) is 0.417. The van der Waals surface area contributed by atoms with Crippen LogP contribution in [0.3, 0.4) is 0 Å². The minimum atomic E-state index is -5.23. The standard InChI is InChI=1S/C12H10F6O3/c1-2-5-3-6(11(13,14)15)8(9(19)10(20)21)7(4-5)12(16,17)18/h3-4,9,19H,2H2,1H3,(H,20,21). The van der Waals surface area contributed by atoms with E-state index in [1.54, 1.807) is 0 Å². The van der Waals surface area contributed by atoms with Gasteiger partial charge in [-0.05, 0) is 24.1 Å². The number of carboxylic acids is 1. The molecule has 0 radical (unpaired) electrons. The van der Waals surface area contributed by atoms with Gasteiger partial charge in [-0.15, -0.1) is 0 Å². The lowest BCUT2D eigenvalue weighted by Gasteiger charge is -2.21. The van der Waals surface area contributed by atoms with Crippen LogP contribution >= 0.6 is 0 Å². The molecule has 0 aromatic heterocycles. The van der Waals surface area contributed by atoms with Crippen LogP contribution in [-0.2, 0) is 23.6 Å². The van der Waals surface area contributed by atoms with Crippen LogP contribution in [0.5, 0.6) is 0 Å². The lowest BCUT2D eigenvalue weighted by molar-refractivity contribution is -0.153. The molecule has 3 nitrogen and oxygen atoms in total. The minimum absolute atomic E-state index is 0.115. The maximum Gasteiger partial charge on any atom is 0.416 e. The van der Waals surface area contributed by atoms with E-state index in [1.807, 2.05) is 0 Å². The Labute approximate surface area is 114 Å². The summed E-state index contributed by atoms with van der Waals surface area (Å²) in [5.74, 6) is -2.20. The molecule has 0 bridgehead atoms. The maximum atomic E-state index is 12.9. The summed E-state index contributed by atoms with van der Waals surface area (Å²) in [5, 5.41) is 17.8. The molecule has 0 aliphatic rings. The first-order valence-corrected chi connectivity index (χ1v) is 5.61. The second-order valence-corrected chi connectivity index (χ2v) is 4.19. The SMILES string of the molecule is CCc1cc(C(F)(F)F)c(C(O)C(=O)O)c(C(F)(F)F)c1. The molecule has 0 saturated heterocycles. The Balaban J connectivity index is 3.80. The molecular formula is C12H10F6O3. The third kappa shape index (κ3) is 3.66.